The summed E-state index contributed by atoms with van der Waals surface area (Å²) in [6.45, 7) is 7.67. The van der Waals surface area contributed by atoms with Gasteiger partial charge < -0.3 is 14.2 Å². The first-order valence-corrected chi connectivity index (χ1v) is 6.32. The Labute approximate surface area is 98.8 Å². The normalized spacial score (nSPS) is 24.8. The topological polar surface area (TPSA) is 27.7 Å². The zero-order valence-corrected chi connectivity index (χ0v) is 10.3. The third kappa shape index (κ3) is 5.64. The second kappa shape index (κ2) is 8.74. The largest absolute Gasteiger partial charge is 0.375 e. The Bertz CT molecular complexity index is 182. The first kappa shape index (κ1) is 13.7. The van der Waals surface area contributed by atoms with Crippen LogP contribution in [0.5, 0.6) is 0 Å². The molecule has 0 N–H and O–H groups in total. The molecule has 1 heterocycles. The molecule has 0 amide bonds. The Morgan fingerprint density at radius 3 is 3.00 bits per heavy atom. The summed E-state index contributed by atoms with van der Waals surface area (Å²) < 4.78 is 16.6. The minimum Gasteiger partial charge on any atom is -0.375 e. The maximum Gasteiger partial charge on any atom is 0.158 e. The molecule has 94 valence electrons. The fourth-order valence-electron chi connectivity index (χ4n) is 1.77. The molecule has 2 atom stereocenters. The first-order chi connectivity index (χ1) is 7.86. The highest BCUT2D eigenvalue weighted by Gasteiger charge is 2.25. The van der Waals surface area contributed by atoms with E-state index in [9.17, 15) is 0 Å². The molecule has 1 aliphatic rings. The van der Waals surface area contributed by atoms with Crippen LogP contribution in [0.1, 0.15) is 39.0 Å². The van der Waals surface area contributed by atoms with Crippen LogP contribution in [0.3, 0.4) is 0 Å². The van der Waals surface area contributed by atoms with Gasteiger partial charge in [-0.25, -0.2) is 0 Å². The summed E-state index contributed by atoms with van der Waals surface area (Å²) in [7, 11) is 0. The van der Waals surface area contributed by atoms with E-state index in [-0.39, 0.29) is 12.4 Å². The smallest absolute Gasteiger partial charge is 0.158 e. The first-order valence-electron chi connectivity index (χ1n) is 6.32. The maximum atomic E-state index is 5.71. The summed E-state index contributed by atoms with van der Waals surface area (Å²) >= 11 is 0. The zero-order chi connectivity index (χ0) is 11.6. The molecule has 3 nitrogen and oxygen atoms in total. The van der Waals surface area contributed by atoms with E-state index in [1.165, 1.54) is 25.7 Å². The van der Waals surface area contributed by atoms with Gasteiger partial charge in [0.25, 0.3) is 0 Å². The fourth-order valence-corrected chi connectivity index (χ4v) is 1.77. The molecule has 0 unspecified atom stereocenters. The van der Waals surface area contributed by atoms with E-state index in [2.05, 4.69) is 13.5 Å². The van der Waals surface area contributed by atoms with Gasteiger partial charge in [0.15, 0.2) is 6.29 Å². The molecule has 3 heteroatoms. The molecule has 0 saturated carbocycles. The lowest BCUT2D eigenvalue weighted by Gasteiger charge is -2.11. The van der Waals surface area contributed by atoms with E-state index in [0.29, 0.717) is 19.8 Å². The van der Waals surface area contributed by atoms with Crippen LogP contribution in [0, 0.1) is 0 Å². The van der Waals surface area contributed by atoms with E-state index in [4.69, 9.17) is 14.2 Å². The van der Waals surface area contributed by atoms with Gasteiger partial charge in [-0.2, -0.15) is 0 Å². The second-order valence-electron chi connectivity index (χ2n) is 4.20. The summed E-state index contributed by atoms with van der Waals surface area (Å²) in [5.41, 5.74) is 0. The summed E-state index contributed by atoms with van der Waals surface area (Å²) in [5, 5.41) is 0. The van der Waals surface area contributed by atoms with E-state index in [1.807, 2.05) is 0 Å². The van der Waals surface area contributed by atoms with Crippen LogP contribution in [-0.2, 0) is 14.2 Å². The number of hydrogen-bond acceptors (Lipinski definition) is 3. The maximum absolute atomic E-state index is 5.71. The number of hydrogen-bond donors (Lipinski definition) is 0. The average molecular weight is 228 g/mol. The SMILES string of the molecule is C=CCOC[C@@H]1CO[C@@H](CCCCCC)O1. The van der Waals surface area contributed by atoms with Crippen molar-refractivity contribution in [1.82, 2.24) is 0 Å². The molecule has 1 saturated heterocycles. The quantitative estimate of drug-likeness (QED) is 0.448. The lowest BCUT2D eigenvalue weighted by molar-refractivity contribution is -0.0745. The van der Waals surface area contributed by atoms with Crippen LogP contribution >= 0.6 is 0 Å². The summed E-state index contributed by atoms with van der Waals surface area (Å²) in [4.78, 5) is 0. The van der Waals surface area contributed by atoms with Crippen LogP contribution in [0.4, 0.5) is 0 Å². The fraction of sp³-hybridized carbons (Fsp3) is 0.846. The predicted octanol–water partition coefficient (Wildman–Crippen LogP) is 2.90. The minimum absolute atomic E-state index is 0.00538. The predicted molar refractivity (Wildman–Crippen MR) is 64.4 cm³/mol. The van der Waals surface area contributed by atoms with Crippen LogP contribution < -0.4 is 0 Å². The molecule has 0 bridgehead atoms. The second-order valence-corrected chi connectivity index (χ2v) is 4.20. The molecular formula is C13H24O3. The van der Waals surface area contributed by atoms with E-state index < -0.39 is 0 Å². The molecule has 0 spiro atoms. The van der Waals surface area contributed by atoms with Crippen molar-refractivity contribution in [3.63, 3.8) is 0 Å². The molecule has 16 heavy (non-hydrogen) atoms. The molecule has 1 rings (SSSR count). The number of unbranched alkanes of at least 4 members (excludes halogenated alkanes) is 3. The van der Waals surface area contributed by atoms with Gasteiger partial charge in [-0.3, -0.25) is 0 Å². The summed E-state index contributed by atoms with van der Waals surface area (Å²) in [6.07, 6.45) is 7.90. The Balaban J connectivity index is 1.99. The highest BCUT2D eigenvalue weighted by molar-refractivity contribution is 4.68. The molecule has 1 fully saturated rings. The van der Waals surface area contributed by atoms with Crippen LogP contribution in [0.2, 0.25) is 0 Å². The van der Waals surface area contributed by atoms with Gasteiger partial charge in [-0.15, -0.1) is 6.58 Å². The van der Waals surface area contributed by atoms with Gasteiger partial charge in [0.05, 0.1) is 19.8 Å². The van der Waals surface area contributed by atoms with Gasteiger partial charge >= 0.3 is 0 Å². The van der Waals surface area contributed by atoms with Crippen LogP contribution in [-0.4, -0.2) is 32.2 Å². The van der Waals surface area contributed by atoms with Crippen molar-refractivity contribution in [1.29, 1.82) is 0 Å². The standard InChI is InChI=1S/C13H24O3/c1-3-5-6-7-8-13-15-11-12(16-13)10-14-9-4-2/h4,12-13H,2-3,5-11H2,1H3/t12-,13-/m1/s1. The number of rotatable bonds is 9. The molecule has 0 aromatic rings. The molecule has 0 aromatic carbocycles. The van der Waals surface area contributed by atoms with Gasteiger partial charge in [0.2, 0.25) is 0 Å². The zero-order valence-electron chi connectivity index (χ0n) is 10.3. The summed E-state index contributed by atoms with van der Waals surface area (Å²) in [6, 6.07) is 0. The van der Waals surface area contributed by atoms with Crippen LogP contribution in [0.15, 0.2) is 12.7 Å². The van der Waals surface area contributed by atoms with Crippen molar-refractivity contribution in [2.24, 2.45) is 0 Å². The van der Waals surface area contributed by atoms with Gasteiger partial charge in [0, 0.05) is 0 Å². The molecular weight excluding hydrogens is 204 g/mol. The van der Waals surface area contributed by atoms with E-state index in [1.54, 1.807) is 6.08 Å². The Morgan fingerprint density at radius 2 is 2.25 bits per heavy atom. The third-order valence-electron chi connectivity index (χ3n) is 2.65. The highest BCUT2D eigenvalue weighted by atomic mass is 16.7. The van der Waals surface area contributed by atoms with Crippen molar-refractivity contribution in [2.45, 2.75) is 51.4 Å². The van der Waals surface area contributed by atoms with Gasteiger partial charge in [-0.05, 0) is 12.8 Å². The van der Waals surface area contributed by atoms with Crippen molar-refractivity contribution in [2.75, 3.05) is 19.8 Å². The van der Waals surface area contributed by atoms with Crippen molar-refractivity contribution < 1.29 is 14.2 Å². The van der Waals surface area contributed by atoms with E-state index in [0.717, 1.165) is 6.42 Å². The van der Waals surface area contributed by atoms with Gasteiger partial charge in [-0.1, -0.05) is 32.3 Å². The molecule has 0 radical (unpaired) electrons. The third-order valence-corrected chi connectivity index (χ3v) is 2.65. The van der Waals surface area contributed by atoms with Gasteiger partial charge in [0.1, 0.15) is 6.10 Å². The van der Waals surface area contributed by atoms with Crippen molar-refractivity contribution in [3.05, 3.63) is 12.7 Å². The van der Waals surface area contributed by atoms with E-state index >= 15 is 0 Å². The average Bonchev–Trinajstić information content (AvgIpc) is 2.73. The summed E-state index contributed by atoms with van der Waals surface area (Å²) in [5.74, 6) is 0. The van der Waals surface area contributed by atoms with Crippen molar-refractivity contribution in [3.8, 4) is 0 Å². The van der Waals surface area contributed by atoms with Crippen LogP contribution in [0.25, 0.3) is 0 Å². The minimum atomic E-state index is -0.00538. The monoisotopic (exact) mass is 228 g/mol. The Kier molecular flexibility index (Phi) is 7.47. The Hall–Kier alpha value is -0.380. The lowest BCUT2D eigenvalue weighted by Crippen LogP contribution is -2.19. The highest BCUT2D eigenvalue weighted by Crippen LogP contribution is 2.17. The Morgan fingerprint density at radius 1 is 1.38 bits per heavy atom. The van der Waals surface area contributed by atoms with Crippen molar-refractivity contribution >= 4 is 0 Å². The molecule has 1 aliphatic heterocycles. The molecule has 0 aromatic heterocycles. The lowest BCUT2D eigenvalue weighted by atomic mass is 10.1. The number of ether oxygens (including phenoxy) is 3. The molecule has 0 aliphatic carbocycles.